The van der Waals surface area contributed by atoms with Crippen molar-refractivity contribution in [3.63, 3.8) is 0 Å². The number of anilines is 1. The topological polar surface area (TPSA) is 304 Å². The van der Waals surface area contributed by atoms with E-state index in [9.17, 15) is 32.7 Å². The van der Waals surface area contributed by atoms with Crippen LogP contribution in [0.1, 0.15) is 71.6 Å². The minimum Gasteiger partial charge on any atom is -0.381 e. The fraction of sp³-hybridized carbons (Fsp3) is 0.333. The predicted molar refractivity (Wildman–Crippen MR) is 536 cm³/mol. The number of aliphatic hydroxyl groups is 1. The van der Waals surface area contributed by atoms with Crippen LogP contribution in [-0.2, 0) is 60.1 Å². The minimum atomic E-state index is -3.41. The Bertz CT molecular complexity index is 7030. The number of carbonyl (C=O) groups is 4. The monoisotopic (exact) mass is 2020 g/mol. The molecule has 10 aromatic heterocycles. The SMILES string of the molecule is CC(C)(O)C(=O)N1CCN(Cc2c(-c3ccc(Cl)cc3)nc3ccc(-c4ccccc4)cn23)CC1.CN(c1ccc2nc(-c3ccc(Cl)cc3)c(CN3CCN(C(=O)C4COC4)CC3)n2c1)S(C)(=O)=O.COCC(=O)N1CCN(Cc2c(-c3ccc(Cl)cc3Cl)nc3ccc(-c4ncon4)cn23)CC1.O=C(c1cscn1)N1CCN(Cc2c(-c3ccc(Cl)cc3Cl)nc3cnc(C4CC4)cn23)CC1. The van der Waals surface area contributed by atoms with E-state index in [1.165, 1.54) is 55.3 Å². The number of thiazole rings is 1. The van der Waals surface area contributed by atoms with E-state index in [2.05, 4.69) is 85.2 Å². The lowest BCUT2D eigenvalue weighted by Crippen LogP contribution is -2.53. The summed E-state index contributed by atoms with van der Waals surface area (Å²) in [6, 6.07) is 48.2. The van der Waals surface area contributed by atoms with Crippen molar-refractivity contribution in [2.45, 2.75) is 64.4 Å². The number of ether oxygens (including phenoxy) is 2. The summed E-state index contributed by atoms with van der Waals surface area (Å²) in [6.45, 7) is 18.0. The number of piperazine rings is 4. The zero-order valence-electron chi connectivity index (χ0n) is 76.5. The van der Waals surface area contributed by atoms with Gasteiger partial charge in [-0.1, -0.05) is 129 Å². The van der Waals surface area contributed by atoms with E-state index in [-0.39, 0.29) is 36.2 Å². The maximum Gasteiger partial charge on any atom is 0.273 e. The van der Waals surface area contributed by atoms with E-state index in [1.807, 2.05) is 151 Å². The van der Waals surface area contributed by atoms with Crippen LogP contribution in [0.15, 0.2) is 204 Å². The molecule has 1 aliphatic carbocycles. The molecular formula is C99H101Cl6N21O10S2. The van der Waals surface area contributed by atoms with Crippen LogP contribution >= 0.6 is 80.9 Å². The molecular weight excluding hydrogens is 1920 g/mol. The molecule has 39 heteroatoms. The third-order valence-electron chi connectivity index (χ3n) is 25.6. The van der Waals surface area contributed by atoms with Crippen molar-refractivity contribution in [3.8, 4) is 67.5 Å². The Labute approximate surface area is 831 Å². The smallest absolute Gasteiger partial charge is 0.273 e. The molecule has 716 valence electrons. The number of imidazole rings is 4. The van der Waals surface area contributed by atoms with Crippen LogP contribution in [0.25, 0.3) is 90.1 Å². The first-order valence-electron chi connectivity index (χ1n) is 45.4. The Morgan fingerprint density at radius 1 is 0.500 bits per heavy atom. The van der Waals surface area contributed by atoms with Crippen LogP contribution in [-0.4, -0.2) is 285 Å². The van der Waals surface area contributed by atoms with Gasteiger partial charge in [0.25, 0.3) is 11.8 Å². The molecule has 1 N–H and O–H groups in total. The molecule has 31 nitrogen and oxygen atoms in total. The van der Waals surface area contributed by atoms with Gasteiger partial charge in [0.1, 0.15) is 34.8 Å². The molecule has 6 fully saturated rings. The number of benzene rings is 5. The lowest BCUT2D eigenvalue weighted by Gasteiger charge is -2.38. The molecule has 5 aliphatic heterocycles. The Morgan fingerprint density at radius 3 is 1.43 bits per heavy atom. The lowest BCUT2D eigenvalue weighted by molar-refractivity contribution is -0.151. The van der Waals surface area contributed by atoms with Crippen LogP contribution < -0.4 is 4.31 Å². The molecule has 138 heavy (non-hydrogen) atoms. The number of nitrogens with zero attached hydrogens (tertiary/aromatic N) is 21. The van der Waals surface area contributed by atoms with Crippen LogP contribution in [0.3, 0.4) is 0 Å². The van der Waals surface area contributed by atoms with Gasteiger partial charge in [-0.05, 0) is 135 Å². The second kappa shape index (κ2) is 42.4. The first-order valence-corrected chi connectivity index (χ1v) is 50.5. The van der Waals surface area contributed by atoms with Crippen molar-refractivity contribution in [2.75, 3.05) is 149 Å². The van der Waals surface area contributed by atoms with E-state index in [0.29, 0.717) is 145 Å². The zero-order valence-corrected chi connectivity index (χ0v) is 82.7. The summed E-state index contributed by atoms with van der Waals surface area (Å²) in [5.74, 6) is 1.02. The standard InChI is InChI=1S/C28H29ClN4O2.C24H22Cl2N6OS.C24H28ClN5O4S.C23H22Cl2N6O3/c1-28(2,35)27(34)32-16-14-31(15-17-32)19-24-26(21-8-11-23(29)12-9-21)30-25-13-10-22(18-33(24)25)20-6-4-3-5-7-20;25-16-3-4-17(18(26)9-16)23-21(32-11-19(15-1-2-15)27-10-22(32)29-23)12-30-5-7-31(8-6-30)24(33)20-13-34-14-28-20;1-27(35(2,32)33)20-7-8-22-26-23(17-3-5-19(25)6-4-17)21(30(22)13-20)14-28-9-11-29(12-10-28)24(31)18-15-34-16-18;1-33-13-21(32)30-8-6-29(7-9-30)12-19-22(17-4-3-16(24)10-18(17)25)27-20-5-2-15(11-31(19)20)23-26-14-34-28-23/h3-13,18,35H,14-17,19H2,1-2H3;3-4,9-11,13-15H,1-2,5-8,12H2;3-8,13,18H,9-12,14-16H2,1-2H3;2-5,10-11,14H,6-9,12-13H2,1H3. The first-order chi connectivity index (χ1) is 66.6. The number of sulfonamides is 1. The van der Waals surface area contributed by atoms with Crippen molar-refractivity contribution in [2.24, 2.45) is 5.92 Å². The Kier molecular flexibility index (Phi) is 29.8. The summed E-state index contributed by atoms with van der Waals surface area (Å²) < 4.78 is 48.9. The fourth-order valence-corrected chi connectivity index (χ4v) is 19.9. The fourth-order valence-electron chi connectivity index (χ4n) is 17.6. The quantitative estimate of drug-likeness (QED) is 0.0659. The number of carbonyl (C=O) groups excluding carboxylic acids is 4. The summed E-state index contributed by atoms with van der Waals surface area (Å²) in [7, 11) is -0.334. The van der Waals surface area contributed by atoms with Crippen molar-refractivity contribution in [1.82, 2.24) is 96.8 Å². The normalized spacial score (nSPS) is 16.1. The van der Waals surface area contributed by atoms with Crippen LogP contribution in [0, 0.1) is 5.92 Å². The maximum atomic E-state index is 12.7. The van der Waals surface area contributed by atoms with E-state index < -0.39 is 15.6 Å². The second-order valence-electron chi connectivity index (χ2n) is 35.5. The van der Waals surface area contributed by atoms with E-state index in [4.69, 9.17) is 104 Å². The number of hydrogen-bond acceptors (Lipinski definition) is 23. The van der Waals surface area contributed by atoms with Gasteiger partial charge >= 0.3 is 0 Å². The molecule has 15 aromatic rings. The summed E-state index contributed by atoms with van der Waals surface area (Å²) in [4.78, 5) is 99.3. The van der Waals surface area contributed by atoms with Gasteiger partial charge in [-0.3, -0.25) is 56.9 Å². The van der Waals surface area contributed by atoms with Gasteiger partial charge in [0.2, 0.25) is 34.1 Å². The van der Waals surface area contributed by atoms with E-state index >= 15 is 0 Å². The molecule has 0 bridgehead atoms. The first kappa shape index (κ1) is 96.9. The summed E-state index contributed by atoms with van der Waals surface area (Å²) in [5, 5.41) is 19.5. The Hall–Kier alpha value is -11.4. The van der Waals surface area contributed by atoms with Gasteiger partial charge in [-0.15, -0.1) is 11.3 Å². The Balaban J connectivity index is 0.000000122. The average Bonchev–Trinajstić information content (AvgIpc) is 1.62. The highest BCUT2D eigenvalue weighted by Crippen LogP contribution is 2.42. The summed E-state index contributed by atoms with van der Waals surface area (Å²) in [5.41, 5.74) is 19.9. The number of aromatic nitrogens is 12. The van der Waals surface area contributed by atoms with Crippen molar-refractivity contribution >= 4 is 143 Å². The third kappa shape index (κ3) is 22.3. The van der Waals surface area contributed by atoms with Gasteiger partial charge < -0.3 is 47.5 Å². The number of fused-ring (bicyclic) bond motifs is 4. The predicted octanol–water partition coefficient (Wildman–Crippen LogP) is 15.7. The van der Waals surface area contributed by atoms with Gasteiger partial charge in [0.05, 0.1) is 104 Å². The molecule has 5 saturated heterocycles. The average molecular weight is 2020 g/mol. The summed E-state index contributed by atoms with van der Waals surface area (Å²) >= 11 is 39.1. The zero-order chi connectivity index (χ0) is 96.2. The number of amides is 4. The second-order valence-corrected chi connectivity index (χ2v) is 40.8. The molecule has 4 amide bonds. The number of methoxy groups -OCH3 is 1. The highest BCUT2D eigenvalue weighted by Gasteiger charge is 2.37. The summed E-state index contributed by atoms with van der Waals surface area (Å²) in [6.07, 6.45) is 14.8. The number of rotatable bonds is 22. The molecule has 5 aromatic carbocycles. The molecule has 0 radical (unpaired) electrons. The van der Waals surface area contributed by atoms with Gasteiger partial charge in [0, 0.05) is 229 Å². The van der Waals surface area contributed by atoms with Gasteiger partial charge in [-0.2, -0.15) is 4.98 Å². The van der Waals surface area contributed by atoms with Crippen LogP contribution in [0.4, 0.5) is 5.69 Å². The van der Waals surface area contributed by atoms with E-state index in [1.54, 1.807) is 47.8 Å². The van der Waals surface area contributed by atoms with Gasteiger partial charge in [0.15, 0.2) is 5.65 Å². The molecule has 21 rings (SSSR count). The highest BCUT2D eigenvalue weighted by molar-refractivity contribution is 7.92. The van der Waals surface area contributed by atoms with E-state index in [0.717, 1.165) is 165 Å². The molecule has 0 spiro atoms. The number of halogens is 6. The van der Waals surface area contributed by atoms with Crippen molar-refractivity contribution in [1.29, 1.82) is 0 Å². The minimum absolute atomic E-state index is 0.00193. The number of hydrogen-bond donors (Lipinski definition) is 1. The third-order valence-corrected chi connectivity index (χ3v) is 29.0. The molecule has 15 heterocycles. The number of pyridine rings is 3. The largest absolute Gasteiger partial charge is 0.381 e. The maximum absolute atomic E-state index is 12.7. The highest BCUT2D eigenvalue weighted by atomic mass is 35.5. The molecule has 6 aliphatic rings. The van der Waals surface area contributed by atoms with Crippen LogP contribution in [0.5, 0.6) is 0 Å². The van der Waals surface area contributed by atoms with Crippen molar-refractivity contribution in [3.05, 3.63) is 264 Å². The lowest BCUT2D eigenvalue weighted by atomic mass is 10.1. The molecule has 0 unspecified atom stereocenters. The Morgan fingerprint density at radius 2 is 0.957 bits per heavy atom. The van der Waals surface area contributed by atoms with Crippen LogP contribution in [0.2, 0.25) is 30.1 Å². The van der Waals surface area contributed by atoms with Gasteiger partial charge in [-0.25, -0.2) is 33.3 Å². The van der Waals surface area contributed by atoms with Crippen molar-refractivity contribution < 1.29 is 46.7 Å². The molecule has 0 atom stereocenters. The molecule has 1 saturated carbocycles.